The molecule has 4 aromatic rings. The fraction of sp³-hybridized carbons (Fsp3) is 0.389. The van der Waals surface area contributed by atoms with Crippen LogP contribution in [0.4, 0.5) is 5.95 Å². The van der Waals surface area contributed by atoms with Gasteiger partial charge in [-0.05, 0) is 26.0 Å². The molecule has 1 saturated heterocycles. The van der Waals surface area contributed by atoms with Crippen LogP contribution in [0, 0.1) is 6.92 Å². The number of hydrogen-bond acceptors (Lipinski definition) is 7. The SMILES string of the molecule is Cc1nc(-c2ccn[nH]2)n2nc(N3CCOC[C@H]3C)nc(-c3ccnn3C)c12. The number of rotatable bonds is 3. The number of aromatic amines is 1. The van der Waals surface area contributed by atoms with Crippen molar-refractivity contribution in [2.75, 3.05) is 24.7 Å². The van der Waals surface area contributed by atoms with Gasteiger partial charge in [0.1, 0.15) is 16.9 Å². The lowest BCUT2D eigenvalue weighted by molar-refractivity contribution is 0.0979. The van der Waals surface area contributed by atoms with Gasteiger partial charge >= 0.3 is 0 Å². The number of aryl methyl sites for hydroxylation is 2. The number of ether oxygens (including phenoxy) is 1. The maximum atomic E-state index is 5.59. The molecule has 1 fully saturated rings. The van der Waals surface area contributed by atoms with Gasteiger partial charge in [0, 0.05) is 26.0 Å². The van der Waals surface area contributed by atoms with E-state index in [-0.39, 0.29) is 6.04 Å². The topological polar surface area (TPSA) is 102 Å². The van der Waals surface area contributed by atoms with E-state index in [2.05, 4.69) is 27.1 Å². The summed E-state index contributed by atoms with van der Waals surface area (Å²) in [4.78, 5) is 11.9. The third-order valence-electron chi connectivity index (χ3n) is 5.08. The van der Waals surface area contributed by atoms with Gasteiger partial charge in [-0.2, -0.15) is 10.2 Å². The molecule has 10 heteroatoms. The normalized spacial score (nSPS) is 17.5. The Morgan fingerprint density at radius 1 is 1.21 bits per heavy atom. The first-order chi connectivity index (χ1) is 13.6. The highest BCUT2D eigenvalue weighted by Crippen LogP contribution is 2.30. The molecule has 10 nitrogen and oxygen atoms in total. The quantitative estimate of drug-likeness (QED) is 0.575. The Hall–Kier alpha value is -3.27. The minimum absolute atomic E-state index is 0.186. The monoisotopic (exact) mass is 379 g/mol. The summed E-state index contributed by atoms with van der Waals surface area (Å²) in [6.07, 6.45) is 3.48. The van der Waals surface area contributed by atoms with Crippen LogP contribution in [-0.2, 0) is 11.8 Å². The molecule has 0 spiro atoms. The van der Waals surface area contributed by atoms with E-state index in [9.17, 15) is 0 Å². The third-order valence-corrected chi connectivity index (χ3v) is 5.08. The van der Waals surface area contributed by atoms with E-state index in [0.717, 1.165) is 34.8 Å². The van der Waals surface area contributed by atoms with Crippen molar-refractivity contribution in [1.82, 2.24) is 39.6 Å². The molecule has 144 valence electrons. The summed E-state index contributed by atoms with van der Waals surface area (Å²) >= 11 is 0. The molecule has 5 heterocycles. The summed E-state index contributed by atoms with van der Waals surface area (Å²) in [6.45, 7) is 6.13. The summed E-state index contributed by atoms with van der Waals surface area (Å²) < 4.78 is 9.26. The number of fused-ring (bicyclic) bond motifs is 1. The molecule has 1 aliphatic rings. The second kappa shape index (κ2) is 6.41. The number of anilines is 1. The molecule has 0 aromatic carbocycles. The maximum Gasteiger partial charge on any atom is 0.244 e. The van der Waals surface area contributed by atoms with E-state index in [1.165, 1.54) is 0 Å². The molecule has 1 N–H and O–H groups in total. The number of imidazole rings is 1. The summed E-state index contributed by atoms with van der Waals surface area (Å²) in [5.74, 6) is 1.36. The largest absolute Gasteiger partial charge is 0.377 e. The predicted molar refractivity (Wildman–Crippen MR) is 103 cm³/mol. The Labute approximate surface area is 161 Å². The number of morpholine rings is 1. The van der Waals surface area contributed by atoms with Crippen molar-refractivity contribution in [3.8, 4) is 22.9 Å². The first-order valence-corrected chi connectivity index (χ1v) is 9.23. The summed E-state index contributed by atoms with van der Waals surface area (Å²) in [5.41, 5.74) is 4.23. The Morgan fingerprint density at radius 2 is 2.11 bits per heavy atom. The van der Waals surface area contributed by atoms with Crippen LogP contribution in [0.2, 0.25) is 0 Å². The Balaban J connectivity index is 1.80. The Bertz CT molecular complexity index is 1130. The summed E-state index contributed by atoms with van der Waals surface area (Å²) in [7, 11) is 1.91. The number of H-pyrrole nitrogens is 1. The van der Waals surface area contributed by atoms with E-state index in [1.54, 1.807) is 12.4 Å². The van der Waals surface area contributed by atoms with Crippen LogP contribution >= 0.6 is 0 Å². The molecular weight excluding hydrogens is 358 g/mol. The predicted octanol–water partition coefficient (Wildman–Crippen LogP) is 1.45. The van der Waals surface area contributed by atoms with E-state index in [4.69, 9.17) is 19.8 Å². The number of hydrogen-bond donors (Lipinski definition) is 1. The highest BCUT2D eigenvalue weighted by Gasteiger charge is 2.26. The van der Waals surface area contributed by atoms with E-state index in [0.29, 0.717) is 25.0 Å². The lowest BCUT2D eigenvalue weighted by Gasteiger charge is -2.33. The molecular formula is C18H21N9O. The second-order valence-corrected chi connectivity index (χ2v) is 6.97. The van der Waals surface area contributed by atoms with Gasteiger partial charge in [0.2, 0.25) is 5.95 Å². The molecule has 0 saturated carbocycles. The highest BCUT2D eigenvalue weighted by atomic mass is 16.5. The molecule has 1 aliphatic heterocycles. The van der Waals surface area contributed by atoms with Crippen LogP contribution in [0.3, 0.4) is 0 Å². The van der Waals surface area contributed by atoms with Crippen LogP contribution < -0.4 is 4.90 Å². The zero-order valence-electron chi connectivity index (χ0n) is 16.0. The summed E-state index contributed by atoms with van der Waals surface area (Å²) in [5, 5.41) is 16.2. The van der Waals surface area contributed by atoms with E-state index in [1.807, 2.05) is 35.3 Å². The zero-order valence-corrected chi connectivity index (χ0v) is 16.0. The Morgan fingerprint density at radius 3 is 2.82 bits per heavy atom. The van der Waals surface area contributed by atoms with Gasteiger partial charge in [0.15, 0.2) is 5.82 Å². The average Bonchev–Trinajstić information content (AvgIpc) is 3.42. The fourth-order valence-corrected chi connectivity index (χ4v) is 3.64. The highest BCUT2D eigenvalue weighted by molar-refractivity contribution is 5.79. The molecule has 0 amide bonds. The number of nitrogens with one attached hydrogen (secondary N) is 1. The van der Waals surface area contributed by atoms with Gasteiger partial charge in [0.25, 0.3) is 0 Å². The van der Waals surface area contributed by atoms with Gasteiger partial charge in [-0.3, -0.25) is 9.78 Å². The molecule has 0 radical (unpaired) electrons. The first kappa shape index (κ1) is 16.9. The van der Waals surface area contributed by atoms with Crippen molar-refractivity contribution in [1.29, 1.82) is 0 Å². The van der Waals surface area contributed by atoms with Crippen molar-refractivity contribution < 1.29 is 4.74 Å². The minimum Gasteiger partial charge on any atom is -0.377 e. The smallest absolute Gasteiger partial charge is 0.244 e. The Kier molecular flexibility index (Phi) is 3.86. The van der Waals surface area contributed by atoms with Crippen molar-refractivity contribution >= 4 is 11.5 Å². The lowest BCUT2D eigenvalue weighted by Crippen LogP contribution is -2.44. The maximum absolute atomic E-state index is 5.59. The number of aromatic nitrogens is 8. The number of nitrogens with zero attached hydrogens (tertiary/aromatic N) is 8. The third kappa shape index (κ3) is 2.56. The minimum atomic E-state index is 0.186. The van der Waals surface area contributed by atoms with Crippen molar-refractivity contribution in [3.63, 3.8) is 0 Å². The first-order valence-electron chi connectivity index (χ1n) is 9.23. The zero-order chi connectivity index (χ0) is 19.3. The van der Waals surface area contributed by atoms with Crippen LogP contribution in [0.5, 0.6) is 0 Å². The van der Waals surface area contributed by atoms with Gasteiger partial charge in [-0.1, -0.05) is 0 Å². The molecule has 5 rings (SSSR count). The van der Waals surface area contributed by atoms with Gasteiger partial charge in [-0.25, -0.2) is 14.5 Å². The molecule has 0 unspecified atom stereocenters. The van der Waals surface area contributed by atoms with Crippen LogP contribution in [0.25, 0.3) is 28.4 Å². The van der Waals surface area contributed by atoms with Crippen molar-refractivity contribution in [2.45, 2.75) is 19.9 Å². The average molecular weight is 379 g/mol. The summed E-state index contributed by atoms with van der Waals surface area (Å²) in [6, 6.07) is 4.03. The van der Waals surface area contributed by atoms with Gasteiger partial charge in [0.05, 0.1) is 30.6 Å². The van der Waals surface area contributed by atoms with E-state index >= 15 is 0 Å². The van der Waals surface area contributed by atoms with Gasteiger partial charge < -0.3 is 9.64 Å². The van der Waals surface area contributed by atoms with Crippen molar-refractivity contribution in [2.24, 2.45) is 7.05 Å². The van der Waals surface area contributed by atoms with Crippen LogP contribution in [-0.4, -0.2) is 65.4 Å². The van der Waals surface area contributed by atoms with E-state index < -0.39 is 0 Å². The molecule has 4 aromatic heterocycles. The van der Waals surface area contributed by atoms with Gasteiger partial charge in [-0.15, -0.1) is 5.10 Å². The molecule has 28 heavy (non-hydrogen) atoms. The molecule has 0 aliphatic carbocycles. The van der Waals surface area contributed by atoms with Crippen LogP contribution in [0.1, 0.15) is 12.6 Å². The molecule has 0 bridgehead atoms. The van der Waals surface area contributed by atoms with Crippen molar-refractivity contribution in [3.05, 3.63) is 30.2 Å². The molecule has 1 atom stereocenters. The standard InChI is InChI=1S/C18H21N9O/c1-11-10-28-9-8-26(11)18-22-15(14-5-7-20-25(14)3)16-12(2)21-17(27(16)24-18)13-4-6-19-23-13/h4-7,11H,8-10H2,1-3H3,(H,19,23)/t11-/m1/s1. The second-order valence-electron chi connectivity index (χ2n) is 6.97. The van der Waals surface area contributed by atoms with Crippen LogP contribution in [0.15, 0.2) is 24.5 Å². The fourth-order valence-electron chi connectivity index (χ4n) is 3.64. The lowest BCUT2D eigenvalue weighted by atomic mass is 10.2.